The van der Waals surface area contributed by atoms with E-state index in [0.29, 0.717) is 0 Å². The lowest BCUT2D eigenvalue weighted by Gasteiger charge is -2.19. The molecule has 0 rings (SSSR count). The van der Waals surface area contributed by atoms with Crippen molar-refractivity contribution in [2.45, 2.75) is 18.3 Å². The number of hydrogen-bond donors (Lipinski definition) is 7. The number of carbonyl (C=O) groups is 1. The van der Waals surface area contributed by atoms with Crippen LogP contribution in [0.4, 0.5) is 0 Å². The van der Waals surface area contributed by atoms with Crippen molar-refractivity contribution < 1.29 is 44.5 Å². The van der Waals surface area contributed by atoms with Crippen LogP contribution in [0.25, 0.3) is 0 Å². The lowest BCUT2D eigenvalue weighted by Crippen LogP contribution is -2.42. The summed E-state index contributed by atoms with van der Waals surface area (Å²) in [7, 11) is -4.64. The minimum atomic E-state index is -4.64. The molecule has 0 amide bonds. The monoisotopic (exact) mass is 294 g/mol. The van der Waals surface area contributed by atoms with Crippen molar-refractivity contribution in [1.29, 1.82) is 0 Å². The van der Waals surface area contributed by atoms with Crippen molar-refractivity contribution in [3.8, 4) is 0 Å². The summed E-state index contributed by atoms with van der Waals surface area (Å²) in [5.74, 6) is 0. The van der Waals surface area contributed by atoms with E-state index in [0.717, 1.165) is 11.8 Å². The van der Waals surface area contributed by atoms with E-state index in [1.807, 2.05) is 0 Å². The van der Waals surface area contributed by atoms with E-state index in [2.05, 4.69) is 0 Å². The zero-order chi connectivity index (χ0) is 14.2. The van der Waals surface area contributed by atoms with Crippen LogP contribution in [0.1, 0.15) is 0 Å². The highest BCUT2D eigenvalue weighted by Gasteiger charge is 2.28. The molecule has 0 aliphatic heterocycles. The van der Waals surface area contributed by atoms with Gasteiger partial charge in [-0.1, -0.05) is 11.8 Å². The second-order valence-electron chi connectivity index (χ2n) is 2.72. The minimum Gasteiger partial charge on any atom is -0.394 e. The highest BCUT2D eigenvalue weighted by molar-refractivity contribution is 8.13. The molecule has 7 N–H and O–H groups in total. The summed E-state index contributed by atoms with van der Waals surface area (Å²) < 4.78 is 8.88. The molecule has 0 saturated heterocycles. The van der Waals surface area contributed by atoms with Gasteiger partial charge < -0.3 is 35.1 Å². The number of carbonyl (C=O) groups excluding carboxylic acids is 1. The predicted octanol–water partition coefficient (Wildman–Crippen LogP) is -2.98. The van der Waals surface area contributed by atoms with Crippen LogP contribution in [-0.2, 0) is 9.36 Å². The van der Waals surface area contributed by atoms with E-state index in [-0.39, 0.29) is 0 Å². The maximum atomic E-state index is 10.7. The molecule has 104 valence electrons. The Balaban J connectivity index is 0. The van der Waals surface area contributed by atoms with E-state index < -0.39 is 37.9 Å². The van der Waals surface area contributed by atoms with Crippen molar-refractivity contribution >= 4 is 24.7 Å². The Morgan fingerprint density at radius 3 is 1.82 bits per heavy atom. The zero-order valence-corrected chi connectivity index (χ0v) is 10.5. The molecule has 11 heteroatoms. The first kappa shape index (κ1) is 19.3. The first-order chi connectivity index (χ1) is 7.54. The summed E-state index contributed by atoms with van der Waals surface area (Å²) in [6.45, 7) is -0.695. The Morgan fingerprint density at radius 1 is 1.24 bits per heavy atom. The van der Waals surface area contributed by atoms with E-state index in [1.54, 1.807) is 0 Å². The summed E-state index contributed by atoms with van der Waals surface area (Å²) in [5, 5.41) is 34.5. The lowest BCUT2D eigenvalue weighted by atomic mass is 10.1. The number of phosphoric acid groups is 1. The Labute approximate surface area is 101 Å². The fraction of sp³-hybridized carbons (Fsp3) is 0.833. The van der Waals surface area contributed by atoms with Gasteiger partial charge in [0.05, 0.1) is 6.61 Å². The van der Waals surface area contributed by atoms with Crippen LogP contribution >= 0.6 is 19.6 Å². The second-order valence-corrected chi connectivity index (χ2v) is 4.56. The first-order valence-corrected chi connectivity index (χ1v) is 6.84. The number of thioether (sulfide) groups is 1. The maximum absolute atomic E-state index is 10.7. The van der Waals surface area contributed by atoms with Crippen LogP contribution in [0.15, 0.2) is 0 Å². The molecule has 0 aromatic heterocycles. The van der Waals surface area contributed by atoms with Crippen LogP contribution in [0.3, 0.4) is 0 Å². The van der Waals surface area contributed by atoms with Crippen molar-refractivity contribution in [2.24, 2.45) is 0 Å². The van der Waals surface area contributed by atoms with Gasteiger partial charge in [-0.3, -0.25) is 4.79 Å². The molecule has 0 heterocycles. The summed E-state index contributed by atoms with van der Waals surface area (Å²) in [5.41, 5.74) is 0. The molecule has 3 atom stereocenters. The average molecular weight is 294 g/mol. The highest BCUT2D eigenvalue weighted by Crippen LogP contribution is 2.25. The smallest absolute Gasteiger partial charge is 0.394 e. The van der Waals surface area contributed by atoms with Crippen LogP contribution in [0.2, 0.25) is 0 Å². The average Bonchev–Trinajstić information content (AvgIpc) is 2.22. The minimum absolute atomic E-state index is 0.644. The van der Waals surface area contributed by atoms with E-state index in [1.165, 1.54) is 6.26 Å². The fourth-order valence-corrected chi connectivity index (χ4v) is 0.960. The summed E-state index contributed by atoms with van der Waals surface area (Å²) >= 11 is 0.747. The largest absolute Gasteiger partial charge is 0.466 e. The highest BCUT2D eigenvalue weighted by atomic mass is 32.2. The number of rotatable bonds is 4. The van der Waals surface area contributed by atoms with Crippen LogP contribution in [0, 0.1) is 0 Å². The molecule has 0 aromatic carbocycles. The lowest BCUT2D eigenvalue weighted by molar-refractivity contribution is -0.131. The SMILES string of the molecule is CSC(=O)[C@H](O)[C@H](O)[C@H](O)CO.O=P(O)(O)O. The molecule has 0 aliphatic rings. The van der Waals surface area contributed by atoms with Crippen molar-refractivity contribution in [3.05, 3.63) is 0 Å². The molecule has 0 aliphatic carbocycles. The third-order valence-electron chi connectivity index (χ3n) is 1.35. The van der Waals surface area contributed by atoms with Gasteiger partial charge >= 0.3 is 7.82 Å². The van der Waals surface area contributed by atoms with Gasteiger partial charge in [0, 0.05) is 0 Å². The molecule has 0 saturated carbocycles. The number of aliphatic hydroxyl groups is 4. The number of aliphatic hydroxyl groups excluding tert-OH is 4. The van der Waals surface area contributed by atoms with E-state index >= 15 is 0 Å². The van der Waals surface area contributed by atoms with Gasteiger partial charge in [0.25, 0.3) is 0 Å². The summed E-state index contributed by atoms with van der Waals surface area (Å²) in [6.07, 6.45) is -3.32. The third-order valence-corrected chi connectivity index (χ3v) is 1.99. The second kappa shape index (κ2) is 8.97. The van der Waals surface area contributed by atoms with Gasteiger partial charge in [-0.25, -0.2) is 4.57 Å². The van der Waals surface area contributed by atoms with Gasteiger partial charge in [-0.15, -0.1) is 0 Å². The third kappa shape index (κ3) is 12.2. The van der Waals surface area contributed by atoms with E-state index in [9.17, 15) is 4.79 Å². The Bertz CT molecular complexity index is 258. The molecule has 0 bridgehead atoms. The Morgan fingerprint density at radius 2 is 1.59 bits per heavy atom. The molecule has 0 unspecified atom stereocenters. The van der Waals surface area contributed by atoms with Crippen molar-refractivity contribution in [1.82, 2.24) is 0 Å². The van der Waals surface area contributed by atoms with Gasteiger partial charge in [0.1, 0.15) is 12.2 Å². The molecular weight excluding hydrogens is 279 g/mol. The predicted molar refractivity (Wildman–Crippen MR) is 57.9 cm³/mol. The first-order valence-electron chi connectivity index (χ1n) is 4.05. The molecule has 0 radical (unpaired) electrons. The summed E-state index contributed by atoms with van der Waals surface area (Å²) in [6, 6.07) is 0. The standard InChI is InChI=1S/C6H12O5S.H3O4P/c1-12-6(11)5(10)4(9)3(8)2-7;1-5(2,3)4/h3-5,7-10H,2H2,1H3;(H3,1,2,3,4)/t3-,4-,5-;/m1./s1. The molecule has 0 aromatic rings. The van der Waals surface area contributed by atoms with Crippen LogP contribution in [0.5, 0.6) is 0 Å². The quantitative estimate of drug-likeness (QED) is 0.265. The van der Waals surface area contributed by atoms with Crippen molar-refractivity contribution in [3.63, 3.8) is 0 Å². The Kier molecular flexibility index (Phi) is 10.2. The molecular formula is C6H15O9PS. The topological polar surface area (TPSA) is 176 Å². The molecule has 0 fully saturated rings. The van der Waals surface area contributed by atoms with E-state index in [4.69, 9.17) is 39.7 Å². The molecule has 9 nitrogen and oxygen atoms in total. The summed E-state index contributed by atoms with van der Waals surface area (Å²) in [4.78, 5) is 32.3. The fourth-order valence-electron chi connectivity index (χ4n) is 0.579. The normalized spacial score (nSPS) is 16.5. The van der Waals surface area contributed by atoms with Gasteiger partial charge in [0.15, 0.2) is 6.10 Å². The van der Waals surface area contributed by atoms with Crippen LogP contribution < -0.4 is 0 Å². The van der Waals surface area contributed by atoms with Gasteiger partial charge in [0.2, 0.25) is 5.12 Å². The van der Waals surface area contributed by atoms with Gasteiger partial charge in [-0.05, 0) is 6.26 Å². The number of hydrogen-bond acceptors (Lipinski definition) is 7. The Hall–Kier alpha value is -0.0300. The maximum Gasteiger partial charge on any atom is 0.466 e. The van der Waals surface area contributed by atoms with Gasteiger partial charge in [-0.2, -0.15) is 0 Å². The van der Waals surface area contributed by atoms with Crippen LogP contribution in [-0.4, -0.2) is 71.4 Å². The zero-order valence-electron chi connectivity index (χ0n) is 8.74. The molecule has 0 spiro atoms. The molecule has 17 heavy (non-hydrogen) atoms. The van der Waals surface area contributed by atoms with Crippen molar-refractivity contribution in [2.75, 3.05) is 12.9 Å².